The normalized spacial score (nSPS) is 12.0. The molecule has 0 saturated carbocycles. The molecule has 0 aliphatic heterocycles. The standard InChI is InChI=1S/C16H18ClNO2/c1-11(18)15-9-13(17)6-7-16(15)20-10-12-4-3-5-14(8-12)19-2/h3-9,11H,10,18H2,1-2H3/t11-/m1/s1. The van der Waals surface area contributed by atoms with E-state index in [1.54, 1.807) is 13.2 Å². The Morgan fingerprint density at radius 1 is 1.20 bits per heavy atom. The zero-order chi connectivity index (χ0) is 14.5. The molecular formula is C16H18ClNO2. The van der Waals surface area contributed by atoms with Crippen molar-refractivity contribution in [1.82, 2.24) is 0 Å². The van der Waals surface area contributed by atoms with Crippen LogP contribution in [0.4, 0.5) is 0 Å². The average molecular weight is 292 g/mol. The Morgan fingerprint density at radius 3 is 2.70 bits per heavy atom. The van der Waals surface area contributed by atoms with Crippen molar-refractivity contribution < 1.29 is 9.47 Å². The Labute approximate surface area is 124 Å². The second-order valence-corrected chi connectivity index (χ2v) is 5.05. The first-order valence-corrected chi connectivity index (χ1v) is 6.78. The van der Waals surface area contributed by atoms with E-state index >= 15 is 0 Å². The number of rotatable bonds is 5. The molecule has 1 atom stereocenters. The molecule has 2 rings (SSSR count). The summed E-state index contributed by atoms with van der Waals surface area (Å²) in [6.45, 7) is 2.36. The van der Waals surface area contributed by atoms with E-state index in [9.17, 15) is 0 Å². The van der Waals surface area contributed by atoms with Crippen molar-refractivity contribution in [2.45, 2.75) is 19.6 Å². The van der Waals surface area contributed by atoms with Crippen LogP contribution < -0.4 is 15.2 Å². The molecule has 2 aromatic rings. The minimum atomic E-state index is -0.131. The van der Waals surface area contributed by atoms with Crippen molar-refractivity contribution in [3.63, 3.8) is 0 Å². The van der Waals surface area contributed by atoms with E-state index in [1.165, 1.54) is 0 Å². The van der Waals surface area contributed by atoms with Crippen LogP contribution in [0.5, 0.6) is 11.5 Å². The van der Waals surface area contributed by atoms with Gasteiger partial charge in [0.05, 0.1) is 7.11 Å². The fourth-order valence-electron chi connectivity index (χ4n) is 1.93. The Morgan fingerprint density at radius 2 is 2.00 bits per heavy atom. The second-order valence-electron chi connectivity index (χ2n) is 4.61. The number of methoxy groups -OCH3 is 1. The van der Waals surface area contributed by atoms with Gasteiger partial charge in [-0.2, -0.15) is 0 Å². The van der Waals surface area contributed by atoms with Crippen LogP contribution in [0.15, 0.2) is 42.5 Å². The van der Waals surface area contributed by atoms with Crippen LogP contribution in [0.2, 0.25) is 5.02 Å². The zero-order valence-electron chi connectivity index (χ0n) is 11.6. The lowest BCUT2D eigenvalue weighted by Crippen LogP contribution is -2.08. The van der Waals surface area contributed by atoms with E-state index in [0.717, 1.165) is 22.6 Å². The van der Waals surface area contributed by atoms with E-state index in [0.29, 0.717) is 11.6 Å². The molecule has 0 heterocycles. The van der Waals surface area contributed by atoms with Gasteiger partial charge in [-0.25, -0.2) is 0 Å². The van der Waals surface area contributed by atoms with Crippen molar-refractivity contribution in [3.05, 3.63) is 58.6 Å². The SMILES string of the molecule is COc1cccc(COc2ccc(Cl)cc2[C@@H](C)N)c1. The van der Waals surface area contributed by atoms with E-state index in [1.807, 2.05) is 43.3 Å². The third-order valence-electron chi connectivity index (χ3n) is 2.99. The summed E-state index contributed by atoms with van der Waals surface area (Å²) < 4.78 is 11.0. The lowest BCUT2D eigenvalue weighted by Gasteiger charge is -2.14. The maximum absolute atomic E-state index is 5.99. The summed E-state index contributed by atoms with van der Waals surface area (Å²) in [7, 11) is 1.65. The Balaban J connectivity index is 2.14. The summed E-state index contributed by atoms with van der Waals surface area (Å²) in [4.78, 5) is 0. The molecule has 0 amide bonds. The van der Waals surface area contributed by atoms with Gasteiger partial charge in [0.1, 0.15) is 18.1 Å². The monoisotopic (exact) mass is 291 g/mol. The molecule has 20 heavy (non-hydrogen) atoms. The minimum absolute atomic E-state index is 0.131. The molecule has 106 valence electrons. The van der Waals surface area contributed by atoms with Crippen LogP contribution in [0.3, 0.4) is 0 Å². The summed E-state index contributed by atoms with van der Waals surface area (Å²) in [6, 6.07) is 13.1. The van der Waals surface area contributed by atoms with Gasteiger partial charge < -0.3 is 15.2 Å². The van der Waals surface area contributed by atoms with E-state index in [4.69, 9.17) is 26.8 Å². The van der Waals surface area contributed by atoms with Crippen LogP contribution in [-0.4, -0.2) is 7.11 Å². The number of hydrogen-bond donors (Lipinski definition) is 1. The molecule has 0 unspecified atom stereocenters. The van der Waals surface area contributed by atoms with Gasteiger partial charge in [-0.1, -0.05) is 23.7 Å². The van der Waals surface area contributed by atoms with Gasteiger partial charge in [-0.3, -0.25) is 0 Å². The van der Waals surface area contributed by atoms with Crippen LogP contribution in [-0.2, 0) is 6.61 Å². The third-order valence-corrected chi connectivity index (χ3v) is 3.23. The maximum Gasteiger partial charge on any atom is 0.124 e. The van der Waals surface area contributed by atoms with Gasteiger partial charge in [0.2, 0.25) is 0 Å². The lowest BCUT2D eigenvalue weighted by atomic mass is 10.1. The molecular weight excluding hydrogens is 274 g/mol. The summed E-state index contributed by atoms with van der Waals surface area (Å²) >= 11 is 5.99. The van der Waals surface area contributed by atoms with Crippen LogP contribution in [0.1, 0.15) is 24.1 Å². The number of halogens is 1. The number of ether oxygens (including phenoxy) is 2. The molecule has 0 saturated heterocycles. The summed E-state index contributed by atoms with van der Waals surface area (Å²) in [5, 5.41) is 0.658. The van der Waals surface area contributed by atoms with Crippen molar-refractivity contribution in [1.29, 1.82) is 0 Å². The average Bonchev–Trinajstić information content (AvgIpc) is 2.46. The van der Waals surface area contributed by atoms with E-state index < -0.39 is 0 Å². The highest BCUT2D eigenvalue weighted by Crippen LogP contribution is 2.28. The molecule has 0 aromatic heterocycles. The molecule has 0 bridgehead atoms. The van der Waals surface area contributed by atoms with Crippen molar-refractivity contribution >= 4 is 11.6 Å². The lowest BCUT2D eigenvalue weighted by molar-refractivity contribution is 0.300. The molecule has 0 fully saturated rings. The van der Waals surface area contributed by atoms with Crippen molar-refractivity contribution in [3.8, 4) is 11.5 Å². The zero-order valence-corrected chi connectivity index (χ0v) is 12.4. The van der Waals surface area contributed by atoms with Crippen LogP contribution in [0.25, 0.3) is 0 Å². The second kappa shape index (κ2) is 6.64. The fourth-order valence-corrected chi connectivity index (χ4v) is 2.11. The number of hydrogen-bond acceptors (Lipinski definition) is 3. The first-order chi connectivity index (χ1) is 9.60. The predicted octanol–water partition coefficient (Wildman–Crippen LogP) is 3.95. The highest BCUT2D eigenvalue weighted by Gasteiger charge is 2.09. The van der Waals surface area contributed by atoms with Gasteiger partial charge >= 0.3 is 0 Å². The smallest absolute Gasteiger partial charge is 0.124 e. The Bertz CT molecular complexity index is 584. The van der Waals surface area contributed by atoms with E-state index in [2.05, 4.69) is 0 Å². The topological polar surface area (TPSA) is 44.5 Å². The molecule has 0 radical (unpaired) electrons. The quantitative estimate of drug-likeness (QED) is 0.907. The summed E-state index contributed by atoms with van der Waals surface area (Å²) in [5.74, 6) is 1.57. The fraction of sp³-hybridized carbons (Fsp3) is 0.250. The van der Waals surface area contributed by atoms with Gasteiger partial charge in [0, 0.05) is 16.6 Å². The number of benzene rings is 2. The largest absolute Gasteiger partial charge is 0.497 e. The van der Waals surface area contributed by atoms with Gasteiger partial charge in [-0.05, 0) is 42.8 Å². The number of nitrogens with two attached hydrogens (primary N) is 1. The Kier molecular flexibility index (Phi) is 4.88. The predicted molar refractivity (Wildman–Crippen MR) is 81.4 cm³/mol. The first kappa shape index (κ1) is 14.7. The molecule has 4 heteroatoms. The summed E-state index contributed by atoms with van der Waals surface area (Å²) in [5.41, 5.74) is 7.88. The van der Waals surface area contributed by atoms with Gasteiger partial charge in [0.15, 0.2) is 0 Å². The van der Waals surface area contributed by atoms with Crippen molar-refractivity contribution in [2.24, 2.45) is 5.73 Å². The molecule has 0 aliphatic carbocycles. The van der Waals surface area contributed by atoms with E-state index in [-0.39, 0.29) is 6.04 Å². The first-order valence-electron chi connectivity index (χ1n) is 6.41. The molecule has 3 nitrogen and oxygen atoms in total. The minimum Gasteiger partial charge on any atom is -0.497 e. The molecule has 2 N–H and O–H groups in total. The Hall–Kier alpha value is -1.71. The van der Waals surface area contributed by atoms with Gasteiger partial charge in [0.25, 0.3) is 0 Å². The third kappa shape index (κ3) is 3.65. The van der Waals surface area contributed by atoms with Crippen LogP contribution in [0, 0.1) is 0 Å². The van der Waals surface area contributed by atoms with Gasteiger partial charge in [-0.15, -0.1) is 0 Å². The van der Waals surface area contributed by atoms with Crippen LogP contribution >= 0.6 is 11.6 Å². The maximum atomic E-state index is 5.99. The molecule has 0 spiro atoms. The van der Waals surface area contributed by atoms with Crippen molar-refractivity contribution in [2.75, 3.05) is 7.11 Å². The molecule has 0 aliphatic rings. The highest BCUT2D eigenvalue weighted by atomic mass is 35.5. The summed E-state index contributed by atoms with van der Waals surface area (Å²) in [6.07, 6.45) is 0. The molecule has 2 aromatic carbocycles. The highest BCUT2D eigenvalue weighted by molar-refractivity contribution is 6.30.